The van der Waals surface area contributed by atoms with E-state index in [1.54, 1.807) is 6.07 Å². The molecule has 1 amide bonds. The van der Waals surface area contributed by atoms with Crippen LogP contribution < -0.4 is 16.7 Å². The van der Waals surface area contributed by atoms with E-state index in [0.29, 0.717) is 5.39 Å². The lowest BCUT2D eigenvalue weighted by Gasteiger charge is -2.03. The van der Waals surface area contributed by atoms with Crippen molar-refractivity contribution in [3.8, 4) is 0 Å². The summed E-state index contributed by atoms with van der Waals surface area (Å²) in [6, 6.07) is 5.51. The number of hydrogen-bond donors (Lipinski definition) is 2. The lowest BCUT2D eigenvalue weighted by molar-refractivity contribution is 0.0951. The summed E-state index contributed by atoms with van der Waals surface area (Å²) >= 11 is 0. The minimum atomic E-state index is -0.873. The molecule has 3 N–H and O–H groups in total. The standard InChI is InChI=1S/C12H11FN2O3/c13-9-3-1-2-7-6-8(11(16)15-5-4-14)12(17)18-10(7)9/h1-3,6H,4-5,14H2,(H,15,16). The van der Waals surface area contributed by atoms with Gasteiger partial charge in [-0.05, 0) is 12.1 Å². The number of carbonyl (C=O) groups is 1. The van der Waals surface area contributed by atoms with Crippen molar-refractivity contribution in [3.05, 3.63) is 46.1 Å². The second kappa shape index (κ2) is 4.97. The Balaban J connectivity index is 2.50. The maximum atomic E-state index is 13.4. The van der Waals surface area contributed by atoms with Gasteiger partial charge in [-0.25, -0.2) is 9.18 Å². The van der Waals surface area contributed by atoms with Gasteiger partial charge in [-0.15, -0.1) is 0 Å². The summed E-state index contributed by atoms with van der Waals surface area (Å²) in [5.74, 6) is -1.22. The molecule has 1 heterocycles. The van der Waals surface area contributed by atoms with Crippen molar-refractivity contribution in [2.45, 2.75) is 0 Å². The van der Waals surface area contributed by atoms with Crippen LogP contribution in [0, 0.1) is 5.82 Å². The molecule has 0 unspecified atom stereocenters. The van der Waals surface area contributed by atoms with Gasteiger partial charge in [0.15, 0.2) is 11.4 Å². The van der Waals surface area contributed by atoms with Gasteiger partial charge in [0, 0.05) is 18.5 Å². The Morgan fingerprint density at radius 3 is 2.94 bits per heavy atom. The van der Waals surface area contributed by atoms with Gasteiger partial charge in [0.05, 0.1) is 0 Å². The van der Waals surface area contributed by atoms with E-state index in [1.165, 1.54) is 18.2 Å². The molecular weight excluding hydrogens is 239 g/mol. The summed E-state index contributed by atoms with van der Waals surface area (Å²) < 4.78 is 18.2. The Labute approximate surface area is 101 Å². The topological polar surface area (TPSA) is 85.3 Å². The molecule has 0 aliphatic carbocycles. The fraction of sp³-hybridized carbons (Fsp3) is 0.167. The molecule has 2 aromatic rings. The number of carbonyl (C=O) groups excluding carboxylic acids is 1. The zero-order valence-corrected chi connectivity index (χ0v) is 9.40. The molecule has 0 aliphatic rings. The van der Waals surface area contributed by atoms with Crippen LogP contribution in [0.4, 0.5) is 4.39 Å². The molecule has 0 saturated heterocycles. The summed E-state index contributed by atoms with van der Waals surface area (Å²) in [7, 11) is 0. The second-order valence-electron chi connectivity index (χ2n) is 3.65. The Bertz CT molecular complexity index is 651. The number of fused-ring (bicyclic) bond motifs is 1. The smallest absolute Gasteiger partial charge is 0.349 e. The Morgan fingerprint density at radius 2 is 2.22 bits per heavy atom. The van der Waals surface area contributed by atoms with Gasteiger partial charge in [-0.2, -0.15) is 0 Å². The first kappa shape index (κ1) is 12.3. The minimum Gasteiger partial charge on any atom is -0.419 e. The number of hydrogen-bond acceptors (Lipinski definition) is 4. The first-order chi connectivity index (χ1) is 8.63. The Morgan fingerprint density at radius 1 is 1.44 bits per heavy atom. The highest BCUT2D eigenvalue weighted by molar-refractivity contribution is 5.96. The van der Waals surface area contributed by atoms with Crippen LogP contribution >= 0.6 is 0 Å². The molecule has 94 valence electrons. The zero-order valence-electron chi connectivity index (χ0n) is 9.40. The largest absolute Gasteiger partial charge is 0.419 e. The third kappa shape index (κ3) is 2.23. The van der Waals surface area contributed by atoms with Crippen LogP contribution in [0.25, 0.3) is 11.0 Å². The van der Waals surface area contributed by atoms with Gasteiger partial charge in [0.1, 0.15) is 5.56 Å². The molecule has 0 aliphatic heterocycles. The number of para-hydroxylation sites is 1. The lowest BCUT2D eigenvalue weighted by atomic mass is 10.1. The van der Waals surface area contributed by atoms with Crippen molar-refractivity contribution in [1.29, 1.82) is 0 Å². The quantitative estimate of drug-likeness (QED) is 0.782. The van der Waals surface area contributed by atoms with E-state index >= 15 is 0 Å². The summed E-state index contributed by atoms with van der Waals surface area (Å²) in [5.41, 5.74) is 4.04. The van der Waals surface area contributed by atoms with Crippen LogP contribution in [0.3, 0.4) is 0 Å². The number of rotatable bonds is 3. The van der Waals surface area contributed by atoms with E-state index in [4.69, 9.17) is 10.2 Å². The normalized spacial score (nSPS) is 10.6. The summed E-state index contributed by atoms with van der Waals surface area (Å²) in [4.78, 5) is 23.2. The molecule has 0 fully saturated rings. The van der Waals surface area contributed by atoms with Gasteiger partial charge in [0.25, 0.3) is 5.91 Å². The highest BCUT2D eigenvalue weighted by Gasteiger charge is 2.14. The minimum absolute atomic E-state index is 0.155. The van der Waals surface area contributed by atoms with Crippen LogP contribution in [-0.2, 0) is 0 Å². The van der Waals surface area contributed by atoms with Crippen LogP contribution in [0.5, 0.6) is 0 Å². The lowest BCUT2D eigenvalue weighted by Crippen LogP contribution is -2.32. The number of nitrogens with two attached hydrogens (primary N) is 1. The van der Waals surface area contributed by atoms with Crippen LogP contribution in [0.1, 0.15) is 10.4 Å². The van der Waals surface area contributed by atoms with Gasteiger partial charge >= 0.3 is 5.63 Å². The molecule has 1 aromatic heterocycles. The molecule has 18 heavy (non-hydrogen) atoms. The maximum absolute atomic E-state index is 13.4. The number of halogens is 1. The van der Waals surface area contributed by atoms with Gasteiger partial charge < -0.3 is 15.5 Å². The van der Waals surface area contributed by atoms with Gasteiger partial charge in [0.2, 0.25) is 0 Å². The number of benzene rings is 1. The van der Waals surface area contributed by atoms with E-state index in [-0.39, 0.29) is 24.2 Å². The Hall–Kier alpha value is -2.21. The van der Waals surface area contributed by atoms with E-state index in [1.807, 2.05) is 0 Å². The molecule has 0 spiro atoms. The zero-order chi connectivity index (χ0) is 13.1. The van der Waals surface area contributed by atoms with E-state index in [9.17, 15) is 14.0 Å². The first-order valence-corrected chi connectivity index (χ1v) is 5.34. The molecule has 5 nitrogen and oxygen atoms in total. The first-order valence-electron chi connectivity index (χ1n) is 5.34. The molecule has 1 aromatic carbocycles. The summed E-state index contributed by atoms with van der Waals surface area (Å²) in [6.07, 6.45) is 0. The second-order valence-corrected chi connectivity index (χ2v) is 3.65. The van der Waals surface area contributed by atoms with Crippen LogP contribution in [0.15, 0.2) is 33.5 Å². The maximum Gasteiger partial charge on any atom is 0.349 e. The molecule has 0 saturated carbocycles. The van der Waals surface area contributed by atoms with Crippen LogP contribution in [-0.4, -0.2) is 19.0 Å². The van der Waals surface area contributed by atoms with Crippen molar-refractivity contribution in [2.24, 2.45) is 5.73 Å². The van der Waals surface area contributed by atoms with Gasteiger partial charge in [-0.1, -0.05) is 12.1 Å². The van der Waals surface area contributed by atoms with Crippen LogP contribution in [0.2, 0.25) is 0 Å². The van der Waals surface area contributed by atoms with Crippen molar-refractivity contribution in [2.75, 3.05) is 13.1 Å². The average Bonchev–Trinajstić information content (AvgIpc) is 2.36. The predicted octanol–water partition coefficient (Wildman–Crippen LogP) is 0.621. The van der Waals surface area contributed by atoms with E-state index in [2.05, 4.69) is 5.32 Å². The molecule has 6 heteroatoms. The number of nitrogens with one attached hydrogen (secondary N) is 1. The van der Waals surface area contributed by atoms with Crippen molar-refractivity contribution in [3.63, 3.8) is 0 Å². The SMILES string of the molecule is NCCNC(=O)c1cc2cccc(F)c2oc1=O. The highest BCUT2D eigenvalue weighted by atomic mass is 19.1. The molecular formula is C12H11FN2O3. The molecule has 2 rings (SSSR count). The fourth-order valence-corrected chi connectivity index (χ4v) is 1.55. The predicted molar refractivity (Wildman–Crippen MR) is 63.8 cm³/mol. The summed E-state index contributed by atoms with van der Waals surface area (Å²) in [5, 5.41) is 2.81. The van der Waals surface area contributed by atoms with Crippen molar-refractivity contribution < 1.29 is 13.6 Å². The third-order valence-electron chi connectivity index (χ3n) is 2.39. The Kier molecular flexibility index (Phi) is 3.38. The van der Waals surface area contributed by atoms with Gasteiger partial charge in [-0.3, -0.25) is 4.79 Å². The molecule has 0 atom stereocenters. The average molecular weight is 250 g/mol. The number of amides is 1. The highest BCUT2D eigenvalue weighted by Crippen LogP contribution is 2.16. The fourth-order valence-electron chi connectivity index (χ4n) is 1.55. The van der Waals surface area contributed by atoms with Crippen molar-refractivity contribution >= 4 is 16.9 Å². The molecule has 0 bridgehead atoms. The van der Waals surface area contributed by atoms with E-state index < -0.39 is 17.3 Å². The van der Waals surface area contributed by atoms with E-state index in [0.717, 1.165) is 0 Å². The van der Waals surface area contributed by atoms with Crippen molar-refractivity contribution in [1.82, 2.24) is 5.32 Å². The monoisotopic (exact) mass is 250 g/mol. The third-order valence-corrected chi connectivity index (χ3v) is 2.39. The summed E-state index contributed by atoms with van der Waals surface area (Å²) in [6.45, 7) is 0.513. The molecule has 0 radical (unpaired) electrons.